The second-order valence-corrected chi connectivity index (χ2v) is 8.58. The molecule has 6 heteroatoms. The highest BCUT2D eigenvalue weighted by Crippen LogP contribution is 2.38. The average Bonchev–Trinajstić information content (AvgIpc) is 2.62. The van der Waals surface area contributed by atoms with Crippen LogP contribution < -0.4 is 15.4 Å². The number of hydrogen-bond acceptors (Lipinski definition) is 3. The van der Waals surface area contributed by atoms with Crippen LogP contribution in [0.4, 0.5) is 10.5 Å². The molecule has 3 rings (SSSR count). The van der Waals surface area contributed by atoms with Gasteiger partial charge in [0.05, 0.1) is 10.6 Å². The maximum Gasteiger partial charge on any atom is 0.326 e. The van der Waals surface area contributed by atoms with Crippen molar-refractivity contribution in [3.05, 3.63) is 71.0 Å². The van der Waals surface area contributed by atoms with Crippen molar-refractivity contribution in [1.82, 2.24) is 5.32 Å². The summed E-state index contributed by atoms with van der Waals surface area (Å²) in [5.74, 6) is 1.60. The van der Waals surface area contributed by atoms with E-state index in [9.17, 15) is 9.59 Å². The lowest BCUT2D eigenvalue weighted by Gasteiger charge is -2.32. The van der Waals surface area contributed by atoms with Gasteiger partial charge in [0.15, 0.2) is 0 Å². The molecule has 1 aliphatic carbocycles. The monoisotopic (exact) mass is 412 g/mol. The topological polar surface area (TPSA) is 67.4 Å². The second-order valence-electron chi connectivity index (χ2n) is 8.17. The number of amides is 3. The Morgan fingerprint density at radius 3 is 2.45 bits per heavy atom. The molecule has 2 aromatic carbocycles. The smallest absolute Gasteiger partial charge is 0.326 e. The first kappa shape index (κ1) is 20.9. The third kappa shape index (κ3) is 5.84. The van der Waals surface area contributed by atoms with Gasteiger partial charge >= 0.3 is 6.03 Å². The number of urea groups is 1. The highest BCUT2D eigenvalue weighted by molar-refractivity contribution is 6.34. The van der Waals surface area contributed by atoms with E-state index in [0.29, 0.717) is 17.4 Å². The lowest BCUT2D eigenvalue weighted by atomic mass is 9.76. The Balaban J connectivity index is 1.57. The fourth-order valence-electron chi connectivity index (χ4n) is 3.66. The largest absolute Gasteiger partial charge is 0.462 e. The van der Waals surface area contributed by atoms with Gasteiger partial charge in [-0.15, -0.1) is 0 Å². The van der Waals surface area contributed by atoms with Gasteiger partial charge in [-0.1, -0.05) is 44.5 Å². The van der Waals surface area contributed by atoms with Crippen LogP contribution >= 0.6 is 11.6 Å². The third-order valence-corrected chi connectivity index (χ3v) is 5.03. The van der Waals surface area contributed by atoms with Gasteiger partial charge in [0, 0.05) is 12.1 Å². The molecule has 0 radical (unpaired) electrons. The molecule has 0 fully saturated rings. The van der Waals surface area contributed by atoms with Crippen molar-refractivity contribution in [3.63, 3.8) is 0 Å². The Hall–Kier alpha value is -2.79. The first-order valence-corrected chi connectivity index (χ1v) is 9.95. The van der Waals surface area contributed by atoms with Gasteiger partial charge in [-0.3, -0.25) is 10.1 Å². The summed E-state index contributed by atoms with van der Waals surface area (Å²) in [6, 6.07) is 13.0. The van der Waals surface area contributed by atoms with E-state index in [0.717, 1.165) is 18.6 Å². The van der Waals surface area contributed by atoms with Crippen LogP contribution in [0.1, 0.15) is 44.0 Å². The van der Waals surface area contributed by atoms with Crippen molar-refractivity contribution in [2.45, 2.75) is 33.6 Å². The molecule has 2 aromatic rings. The SMILES string of the molecule is CC1C=C(Oc2ccc(NC(=O)NC(=O)c3ccccc3Cl)cc2)CC(C)(C)C1. The number of nitrogens with one attached hydrogen (secondary N) is 2. The number of carbonyl (C=O) groups excluding carboxylic acids is 2. The van der Waals surface area contributed by atoms with E-state index in [-0.39, 0.29) is 16.0 Å². The molecule has 5 nitrogen and oxygen atoms in total. The second kappa shape index (κ2) is 8.70. The zero-order valence-corrected chi connectivity index (χ0v) is 17.5. The summed E-state index contributed by atoms with van der Waals surface area (Å²) in [4.78, 5) is 24.2. The molecule has 29 heavy (non-hydrogen) atoms. The molecule has 0 saturated heterocycles. The Kier molecular flexibility index (Phi) is 6.28. The molecule has 0 spiro atoms. The van der Waals surface area contributed by atoms with Crippen molar-refractivity contribution in [1.29, 1.82) is 0 Å². The molecule has 1 aliphatic rings. The van der Waals surface area contributed by atoms with Crippen LogP contribution in [0.5, 0.6) is 5.75 Å². The van der Waals surface area contributed by atoms with Gasteiger partial charge < -0.3 is 10.1 Å². The normalized spacial score (nSPS) is 17.8. The van der Waals surface area contributed by atoms with Gasteiger partial charge in [0.2, 0.25) is 0 Å². The molecule has 2 N–H and O–H groups in total. The number of hydrogen-bond donors (Lipinski definition) is 2. The summed E-state index contributed by atoms with van der Waals surface area (Å²) in [5.41, 5.74) is 1.01. The van der Waals surface area contributed by atoms with Crippen LogP contribution in [-0.2, 0) is 0 Å². The van der Waals surface area contributed by atoms with Gasteiger partial charge in [-0.25, -0.2) is 4.79 Å². The Morgan fingerprint density at radius 1 is 1.10 bits per heavy atom. The summed E-state index contributed by atoms with van der Waals surface area (Å²) in [7, 11) is 0. The molecular weight excluding hydrogens is 388 g/mol. The van der Waals surface area contributed by atoms with Crippen LogP contribution in [0, 0.1) is 11.3 Å². The number of allylic oxidation sites excluding steroid dienone is 2. The number of imide groups is 1. The predicted octanol–water partition coefficient (Wildman–Crippen LogP) is 6.02. The lowest BCUT2D eigenvalue weighted by molar-refractivity contribution is 0.0967. The predicted molar refractivity (Wildman–Crippen MR) is 115 cm³/mol. The van der Waals surface area contributed by atoms with Gasteiger partial charge in [-0.05, 0) is 60.2 Å². The van der Waals surface area contributed by atoms with E-state index in [1.54, 1.807) is 48.5 Å². The van der Waals surface area contributed by atoms with Crippen LogP contribution in [0.3, 0.4) is 0 Å². The quantitative estimate of drug-likeness (QED) is 0.645. The standard InChI is InChI=1S/C23H25ClN2O3/c1-15-12-18(14-23(2,3)13-15)29-17-10-8-16(9-11-17)25-22(28)26-21(27)19-6-4-5-7-20(19)24/h4-12,15H,13-14H2,1-3H3,(H2,25,26,27,28). The van der Waals surface area contributed by atoms with Gasteiger partial charge in [-0.2, -0.15) is 0 Å². The molecule has 1 unspecified atom stereocenters. The first-order chi connectivity index (χ1) is 13.7. The maximum atomic E-state index is 12.1. The number of carbonyl (C=O) groups is 2. The Bertz CT molecular complexity index is 935. The summed E-state index contributed by atoms with van der Waals surface area (Å²) >= 11 is 5.98. The average molecular weight is 413 g/mol. The van der Waals surface area contributed by atoms with E-state index in [1.165, 1.54) is 0 Å². The fraction of sp³-hybridized carbons (Fsp3) is 0.304. The van der Waals surface area contributed by atoms with E-state index in [1.807, 2.05) is 0 Å². The third-order valence-electron chi connectivity index (χ3n) is 4.70. The minimum atomic E-state index is -0.630. The summed E-state index contributed by atoms with van der Waals surface area (Å²) < 4.78 is 6.02. The van der Waals surface area contributed by atoms with Crippen LogP contribution in [0.25, 0.3) is 0 Å². The van der Waals surface area contributed by atoms with Crippen LogP contribution in [0.15, 0.2) is 60.4 Å². The molecule has 0 saturated carbocycles. The van der Waals surface area contributed by atoms with Gasteiger partial charge in [0.1, 0.15) is 11.5 Å². The maximum absolute atomic E-state index is 12.1. The fourth-order valence-corrected chi connectivity index (χ4v) is 3.88. The van der Waals surface area contributed by atoms with Crippen LogP contribution in [0.2, 0.25) is 5.02 Å². The zero-order chi connectivity index (χ0) is 21.0. The van der Waals surface area contributed by atoms with Crippen molar-refractivity contribution < 1.29 is 14.3 Å². The molecule has 0 aromatic heterocycles. The number of benzene rings is 2. The van der Waals surface area contributed by atoms with Gasteiger partial charge in [0.25, 0.3) is 5.91 Å². The molecule has 0 heterocycles. The van der Waals surface area contributed by atoms with E-state index < -0.39 is 11.9 Å². The van der Waals surface area contributed by atoms with Crippen molar-refractivity contribution in [3.8, 4) is 5.75 Å². The van der Waals surface area contributed by atoms with Crippen molar-refractivity contribution in [2.24, 2.45) is 11.3 Å². The summed E-state index contributed by atoms with van der Waals surface area (Å²) in [6.07, 6.45) is 4.21. The van der Waals surface area contributed by atoms with Crippen molar-refractivity contribution in [2.75, 3.05) is 5.32 Å². The molecule has 152 valence electrons. The highest BCUT2D eigenvalue weighted by atomic mass is 35.5. The number of halogens is 1. The molecule has 0 aliphatic heterocycles. The number of ether oxygens (including phenoxy) is 1. The minimum Gasteiger partial charge on any atom is -0.462 e. The zero-order valence-electron chi connectivity index (χ0n) is 16.8. The molecule has 3 amide bonds. The van der Waals surface area contributed by atoms with Crippen LogP contribution in [-0.4, -0.2) is 11.9 Å². The van der Waals surface area contributed by atoms with E-state index in [2.05, 4.69) is 37.5 Å². The molecule has 1 atom stereocenters. The lowest BCUT2D eigenvalue weighted by Crippen LogP contribution is -2.34. The first-order valence-electron chi connectivity index (χ1n) is 9.57. The number of anilines is 1. The van der Waals surface area contributed by atoms with E-state index in [4.69, 9.17) is 16.3 Å². The van der Waals surface area contributed by atoms with Crippen molar-refractivity contribution >= 4 is 29.2 Å². The Morgan fingerprint density at radius 2 is 1.79 bits per heavy atom. The summed E-state index contributed by atoms with van der Waals surface area (Å²) in [6.45, 7) is 6.69. The van der Waals surface area contributed by atoms with E-state index >= 15 is 0 Å². The number of rotatable bonds is 4. The molecular formula is C23H25ClN2O3. The molecule has 0 bridgehead atoms. The highest BCUT2D eigenvalue weighted by Gasteiger charge is 2.27. The Labute approximate surface area is 176 Å². The minimum absolute atomic E-state index is 0.220. The summed E-state index contributed by atoms with van der Waals surface area (Å²) in [5, 5.41) is 5.18.